The van der Waals surface area contributed by atoms with E-state index in [0.29, 0.717) is 43.2 Å². The Labute approximate surface area is 209 Å². The number of benzene rings is 2. The minimum atomic E-state index is -0.788. The van der Waals surface area contributed by atoms with E-state index in [4.69, 9.17) is 4.74 Å². The molecule has 1 aliphatic rings. The number of nitrogens with one attached hydrogen (secondary N) is 1. The van der Waals surface area contributed by atoms with Crippen LogP contribution in [0.4, 0.5) is 0 Å². The summed E-state index contributed by atoms with van der Waals surface area (Å²) >= 11 is 1.38. The molecule has 0 atom stereocenters. The maximum atomic E-state index is 13.4. The topological polar surface area (TPSA) is 88.6 Å². The van der Waals surface area contributed by atoms with Gasteiger partial charge in [-0.1, -0.05) is 60.7 Å². The van der Waals surface area contributed by atoms with Crippen LogP contribution < -0.4 is 5.32 Å². The molecule has 1 aromatic heterocycles. The number of nitrogens with zero attached hydrogens (tertiary/aromatic N) is 2. The first kappa shape index (κ1) is 24.6. The molecule has 2 heterocycles. The number of rotatable bonds is 8. The van der Waals surface area contributed by atoms with Crippen LogP contribution in [0.15, 0.2) is 66.0 Å². The van der Waals surface area contributed by atoms with Gasteiger partial charge in [0.2, 0.25) is 11.8 Å². The molecule has 4 rings (SSSR count). The number of carbonyl (C=O) groups excluding carboxylic acids is 3. The van der Waals surface area contributed by atoms with Crippen LogP contribution in [0, 0.1) is 0 Å². The Hall–Kier alpha value is -3.52. The smallest absolute Gasteiger partial charge is 0.317 e. The summed E-state index contributed by atoms with van der Waals surface area (Å²) in [5, 5.41) is 5.39. The Morgan fingerprint density at radius 3 is 2.34 bits per heavy atom. The van der Waals surface area contributed by atoms with Gasteiger partial charge in [-0.2, -0.15) is 0 Å². The van der Waals surface area contributed by atoms with Gasteiger partial charge in [-0.15, -0.1) is 11.3 Å². The second-order valence-electron chi connectivity index (χ2n) is 8.70. The maximum absolute atomic E-state index is 13.4. The monoisotopic (exact) mass is 491 g/mol. The van der Waals surface area contributed by atoms with Crippen LogP contribution in [-0.2, 0) is 44.1 Å². The molecule has 1 N–H and O–H groups in total. The molecule has 3 aromatic rings. The highest BCUT2D eigenvalue weighted by Crippen LogP contribution is 2.37. The molecule has 0 unspecified atom stereocenters. The van der Waals surface area contributed by atoms with Crippen LogP contribution in [0.5, 0.6) is 0 Å². The number of hydrogen-bond acceptors (Lipinski definition) is 6. The highest BCUT2D eigenvalue weighted by molar-refractivity contribution is 7.09. The summed E-state index contributed by atoms with van der Waals surface area (Å²) in [5.41, 5.74) is 1.78. The third kappa shape index (κ3) is 6.14. The SMILES string of the molecule is CC(=O)N1CCC(C(=O)OCc2csc(CC(=O)NCc3ccccc3)n2)(c2ccccc2)CC1. The molecule has 1 fully saturated rings. The van der Waals surface area contributed by atoms with Crippen LogP contribution in [0.1, 0.15) is 41.6 Å². The molecule has 1 aliphatic heterocycles. The summed E-state index contributed by atoms with van der Waals surface area (Å²) in [5.74, 6) is -0.392. The maximum Gasteiger partial charge on any atom is 0.317 e. The fourth-order valence-corrected chi connectivity index (χ4v) is 5.12. The summed E-state index contributed by atoms with van der Waals surface area (Å²) in [6.07, 6.45) is 1.21. The molecule has 7 nitrogen and oxygen atoms in total. The lowest BCUT2D eigenvalue weighted by Crippen LogP contribution is -2.49. The van der Waals surface area contributed by atoms with Gasteiger partial charge in [0.1, 0.15) is 11.6 Å². The summed E-state index contributed by atoms with van der Waals surface area (Å²) in [4.78, 5) is 43.7. The van der Waals surface area contributed by atoms with Crippen molar-refractivity contribution in [3.63, 3.8) is 0 Å². The standard InChI is InChI=1S/C27H29N3O4S/c1-20(31)30-14-12-27(13-15-30,22-10-6-3-7-11-22)26(33)34-18-23-19-35-25(29-23)16-24(32)28-17-21-8-4-2-5-9-21/h2-11,19H,12-18H2,1H3,(H,28,32). The number of ether oxygens (including phenoxy) is 1. The van der Waals surface area contributed by atoms with Crippen molar-refractivity contribution in [1.82, 2.24) is 15.2 Å². The largest absolute Gasteiger partial charge is 0.458 e. The molecule has 0 aliphatic carbocycles. The van der Waals surface area contributed by atoms with Crippen LogP contribution in [-0.4, -0.2) is 40.8 Å². The molecule has 1 saturated heterocycles. The highest BCUT2D eigenvalue weighted by Gasteiger charge is 2.44. The second-order valence-corrected chi connectivity index (χ2v) is 9.64. The zero-order chi connectivity index (χ0) is 24.7. The van der Waals surface area contributed by atoms with Gasteiger partial charge < -0.3 is 15.0 Å². The summed E-state index contributed by atoms with van der Waals surface area (Å²) in [6, 6.07) is 19.4. The van der Waals surface area contributed by atoms with Crippen molar-refractivity contribution < 1.29 is 19.1 Å². The van der Waals surface area contributed by atoms with E-state index in [0.717, 1.165) is 11.1 Å². The number of thiazole rings is 1. The van der Waals surface area contributed by atoms with Crippen LogP contribution in [0.2, 0.25) is 0 Å². The Balaban J connectivity index is 1.34. The van der Waals surface area contributed by atoms with Gasteiger partial charge >= 0.3 is 5.97 Å². The quantitative estimate of drug-likeness (QED) is 0.486. The predicted molar refractivity (Wildman–Crippen MR) is 134 cm³/mol. The first-order chi connectivity index (χ1) is 17.0. The van der Waals surface area contributed by atoms with Gasteiger partial charge in [-0.05, 0) is 24.0 Å². The average molecular weight is 492 g/mol. The number of esters is 1. The zero-order valence-corrected chi connectivity index (χ0v) is 20.6. The van der Waals surface area contributed by atoms with E-state index < -0.39 is 5.41 Å². The lowest BCUT2D eigenvalue weighted by molar-refractivity contribution is -0.155. The molecule has 0 radical (unpaired) electrons. The molecule has 8 heteroatoms. The van der Waals surface area contributed by atoms with E-state index in [2.05, 4.69) is 10.3 Å². The molecule has 0 saturated carbocycles. The molecule has 35 heavy (non-hydrogen) atoms. The van der Waals surface area contributed by atoms with E-state index >= 15 is 0 Å². The normalized spacial score (nSPS) is 14.8. The zero-order valence-electron chi connectivity index (χ0n) is 19.7. The third-order valence-corrected chi connectivity index (χ3v) is 7.27. The number of carbonyl (C=O) groups is 3. The van der Waals surface area contributed by atoms with Crippen molar-refractivity contribution in [2.75, 3.05) is 13.1 Å². The van der Waals surface area contributed by atoms with Crippen molar-refractivity contribution in [3.05, 3.63) is 87.9 Å². The van der Waals surface area contributed by atoms with Gasteiger partial charge in [0.15, 0.2) is 0 Å². The van der Waals surface area contributed by atoms with E-state index in [1.165, 1.54) is 11.3 Å². The lowest BCUT2D eigenvalue weighted by Gasteiger charge is -2.40. The fourth-order valence-electron chi connectivity index (χ4n) is 4.34. The Morgan fingerprint density at radius 1 is 1.03 bits per heavy atom. The van der Waals surface area contributed by atoms with Crippen molar-refractivity contribution >= 4 is 29.1 Å². The van der Waals surface area contributed by atoms with Crippen molar-refractivity contribution in [3.8, 4) is 0 Å². The second kappa shape index (κ2) is 11.3. The number of hydrogen-bond donors (Lipinski definition) is 1. The Bertz CT molecular complexity index is 1160. The van der Waals surface area contributed by atoms with Crippen molar-refractivity contribution in [2.45, 2.75) is 44.8 Å². The third-order valence-electron chi connectivity index (χ3n) is 6.37. The first-order valence-electron chi connectivity index (χ1n) is 11.7. The van der Waals surface area contributed by atoms with Crippen LogP contribution >= 0.6 is 11.3 Å². The number of likely N-dealkylation sites (tertiary alicyclic amines) is 1. The van der Waals surface area contributed by atoms with Crippen molar-refractivity contribution in [1.29, 1.82) is 0 Å². The average Bonchev–Trinajstić information content (AvgIpc) is 3.34. The van der Waals surface area contributed by atoms with E-state index in [-0.39, 0.29) is 30.8 Å². The molecule has 2 amide bonds. The van der Waals surface area contributed by atoms with Crippen molar-refractivity contribution in [2.24, 2.45) is 0 Å². The molecule has 0 bridgehead atoms. The molecule has 2 aromatic carbocycles. The van der Waals surface area contributed by atoms with Gasteiger partial charge in [0.05, 0.1) is 17.5 Å². The fraction of sp³-hybridized carbons (Fsp3) is 0.333. The van der Waals surface area contributed by atoms with Crippen LogP contribution in [0.25, 0.3) is 0 Å². The predicted octanol–water partition coefficient (Wildman–Crippen LogP) is 3.63. The molecular formula is C27H29N3O4S. The summed E-state index contributed by atoms with van der Waals surface area (Å²) in [6.45, 7) is 3.09. The van der Waals surface area contributed by atoms with Gasteiger partial charge in [-0.25, -0.2) is 4.98 Å². The lowest BCUT2D eigenvalue weighted by atomic mass is 9.72. The molecule has 0 spiro atoms. The van der Waals surface area contributed by atoms with Gasteiger partial charge in [0, 0.05) is 31.9 Å². The minimum absolute atomic E-state index is 0.0165. The Morgan fingerprint density at radius 2 is 1.69 bits per heavy atom. The number of aromatic nitrogens is 1. The molecular weight excluding hydrogens is 462 g/mol. The number of piperidine rings is 1. The Kier molecular flexibility index (Phi) is 7.92. The summed E-state index contributed by atoms with van der Waals surface area (Å²) < 4.78 is 5.75. The highest BCUT2D eigenvalue weighted by atomic mass is 32.1. The van der Waals surface area contributed by atoms with E-state index in [1.54, 1.807) is 11.8 Å². The first-order valence-corrected chi connectivity index (χ1v) is 12.6. The minimum Gasteiger partial charge on any atom is -0.458 e. The molecule has 182 valence electrons. The van der Waals surface area contributed by atoms with E-state index in [9.17, 15) is 14.4 Å². The van der Waals surface area contributed by atoms with Gasteiger partial charge in [0.25, 0.3) is 0 Å². The van der Waals surface area contributed by atoms with E-state index in [1.807, 2.05) is 66.0 Å². The van der Waals surface area contributed by atoms with Gasteiger partial charge in [-0.3, -0.25) is 14.4 Å². The number of amides is 2. The summed E-state index contributed by atoms with van der Waals surface area (Å²) in [7, 11) is 0. The van der Waals surface area contributed by atoms with Crippen LogP contribution in [0.3, 0.4) is 0 Å².